The summed E-state index contributed by atoms with van der Waals surface area (Å²) in [7, 11) is 1.44. The second-order valence-corrected chi connectivity index (χ2v) is 7.77. The molecule has 3 aromatic rings. The van der Waals surface area contributed by atoms with Gasteiger partial charge in [-0.2, -0.15) is 0 Å². The largest absolute Gasteiger partial charge is 0.504 e. The highest BCUT2D eigenvalue weighted by Crippen LogP contribution is 2.44. The second-order valence-electron chi connectivity index (χ2n) is 7.77. The highest BCUT2D eigenvalue weighted by molar-refractivity contribution is 5.97. The maximum atomic E-state index is 12.2. The summed E-state index contributed by atoms with van der Waals surface area (Å²) >= 11 is 0. The van der Waals surface area contributed by atoms with Gasteiger partial charge in [0.15, 0.2) is 11.5 Å². The molecule has 3 heterocycles. The van der Waals surface area contributed by atoms with Crippen molar-refractivity contribution in [1.29, 1.82) is 0 Å². The lowest BCUT2D eigenvalue weighted by Crippen LogP contribution is -2.31. The van der Waals surface area contributed by atoms with Crippen molar-refractivity contribution in [3.63, 3.8) is 0 Å². The molecule has 1 aromatic heterocycles. The van der Waals surface area contributed by atoms with Crippen molar-refractivity contribution in [2.45, 2.75) is 25.8 Å². The molecule has 2 fully saturated rings. The smallest absolute Gasteiger partial charge is 0.227 e. The van der Waals surface area contributed by atoms with Crippen molar-refractivity contribution in [2.75, 3.05) is 31.8 Å². The molecule has 0 bridgehead atoms. The topological polar surface area (TPSA) is 97.1 Å². The number of fused-ring (bicyclic) bond motifs is 1. The molecule has 0 radical (unpaired) electrons. The normalized spacial score (nSPS) is 17.0. The number of nitrogens with zero attached hydrogens (tertiary/aromatic N) is 3. The Morgan fingerprint density at radius 1 is 1.20 bits per heavy atom. The number of amides is 1. The summed E-state index contributed by atoms with van der Waals surface area (Å²) in [5, 5.41) is 20.6. The van der Waals surface area contributed by atoms with E-state index >= 15 is 0 Å². The molecule has 2 aliphatic rings. The van der Waals surface area contributed by atoms with Crippen LogP contribution in [0.5, 0.6) is 17.2 Å². The molecule has 2 aromatic carbocycles. The van der Waals surface area contributed by atoms with E-state index in [2.05, 4.69) is 4.57 Å². The summed E-state index contributed by atoms with van der Waals surface area (Å²) in [4.78, 5) is 18.8. The number of hydrogen-bond donors (Lipinski definition) is 2. The predicted octanol–water partition coefficient (Wildman–Crippen LogP) is 3.13. The van der Waals surface area contributed by atoms with Gasteiger partial charge >= 0.3 is 0 Å². The van der Waals surface area contributed by atoms with Gasteiger partial charge < -0.3 is 29.2 Å². The number of carbonyl (C=O) groups excluding carboxylic acids is 1. The van der Waals surface area contributed by atoms with E-state index in [1.165, 1.54) is 7.11 Å². The van der Waals surface area contributed by atoms with Gasteiger partial charge in [0, 0.05) is 29.8 Å². The molecule has 0 atom stereocenters. The Morgan fingerprint density at radius 3 is 2.63 bits per heavy atom. The number of carbonyl (C=O) groups is 1. The molecule has 30 heavy (non-hydrogen) atoms. The zero-order valence-corrected chi connectivity index (χ0v) is 16.9. The fourth-order valence-electron chi connectivity index (χ4n) is 4.23. The number of methoxy groups -OCH3 is 1. The van der Waals surface area contributed by atoms with E-state index in [1.807, 2.05) is 18.2 Å². The van der Waals surface area contributed by atoms with Crippen LogP contribution in [-0.4, -0.2) is 52.5 Å². The van der Waals surface area contributed by atoms with Gasteiger partial charge in [-0.1, -0.05) is 0 Å². The molecule has 5 rings (SSSR count). The molecule has 0 unspecified atom stereocenters. The molecule has 8 nitrogen and oxygen atoms in total. The van der Waals surface area contributed by atoms with Crippen LogP contribution in [0.3, 0.4) is 0 Å². The van der Waals surface area contributed by atoms with Gasteiger partial charge in [0.05, 0.1) is 37.4 Å². The van der Waals surface area contributed by atoms with Crippen LogP contribution in [0.15, 0.2) is 24.3 Å². The number of ether oxygens (including phenoxy) is 2. The van der Waals surface area contributed by atoms with Gasteiger partial charge in [0.25, 0.3) is 0 Å². The van der Waals surface area contributed by atoms with Crippen molar-refractivity contribution in [1.82, 2.24) is 9.55 Å². The molecule has 156 valence electrons. The van der Waals surface area contributed by atoms with E-state index < -0.39 is 0 Å². The first kappa shape index (κ1) is 18.7. The van der Waals surface area contributed by atoms with E-state index in [-0.39, 0.29) is 29.2 Å². The fourth-order valence-corrected chi connectivity index (χ4v) is 4.23. The first-order valence-corrected chi connectivity index (χ1v) is 9.99. The Bertz CT molecular complexity index is 1170. The van der Waals surface area contributed by atoms with Crippen molar-refractivity contribution in [3.05, 3.63) is 29.8 Å². The molecule has 2 N–H and O–H groups in total. The summed E-state index contributed by atoms with van der Waals surface area (Å²) < 4.78 is 12.8. The highest BCUT2D eigenvalue weighted by atomic mass is 16.5. The fraction of sp³-hybridized carbons (Fsp3) is 0.364. The monoisotopic (exact) mass is 409 g/mol. The van der Waals surface area contributed by atoms with E-state index in [4.69, 9.17) is 14.5 Å². The van der Waals surface area contributed by atoms with E-state index in [0.29, 0.717) is 36.6 Å². The Balaban J connectivity index is 1.72. The molecule has 0 saturated carbocycles. The quantitative estimate of drug-likeness (QED) is 0.643. The maximum Gasteiger partial charge on any atom is 0.227 e. The zero-order valence-electron chi connectivity index (χ0n) is 16.9. The maximum absolute atomic E-state index is 12.2. The van der Waals surface area contributed by atoms with Gasteiger partial charge in [-0.05, 0) is 37.6 Å². The summed E-state index contributed by atoms with van der Waals surface area (Å²) in [6, 6.07) is 7.68. The van der Waals surface area contributed by atoms with Crippen LogP contribution in [0.25, 0.3) is 22.4 Å². The number of phenols is 2. The Morgan fingerprint density at radius 2 is 2.00 bits per heavy atom. The lowest BCUT2D eigenvalue weighted by Gasteiger charge is -2.30. The van der Waals surface area contributed by atoms with Gasteiger partial charge in [-0.15, -0.1) is 0 Å². The SMILES string of the molecule is COc1cc(-c2nc3cc(N4CCCC4=O)ccc3n2C2COC2)c(C)c(O)c1O. The van der Waals surface area contributed by atoms with E-state index in [9.17, 15) is 15.0 Å². The van der Waals surface area contributed by atoms with Crippen LogP contribution in [-0.2, 0) is 9.53 Å². The lowest BCUT2D eigenvalue weighted by atomic mass is 10.0. The number of rotatable bonds is 4. The summed E-state index contributed by atoms with van der Waals surface area (Å²) in [5.74, 6) is 0.457. The van der Waals surface area contributed by atoms with E-state index in [1.54, 1.807) is 17.9 Å². The summed E-state index contributed by atoms with van der Waals surface area (Å²) in [6.07, 6.45) is 1.44. The third kappa shape index (κ3) is 2.71. The molecule has 2 saturated heterocycles. The van der Waals surface area contributed by atoms with Gasteiger partial charge in [-0.25, -0.2) is 4.98 Å². The zero-order chi connectivity index (χ0) is 21.0. The van der Waals surface area contributed by atoms with Gasteiger partial charge in [0.2, 0.25) is 11.7 Å². The van der Waals surface area contributed by atoms with Crippen LogP contribution in [0.4, 0.5) is 5.69 Å². The van der Waals surface area contributed by atoms with Crippen LogP contribution < -0.4 is 9.64 Å². The molecular formula is C22H23N3O5. The van der Waals surface area contributed by atoms with Crippen molar-refractivity contribution < 1.29 is 24.5 Å². The average Bonchev–Trinajstić information content (AvgIpc) is 3.29. The predicted molar refractivity (Wildman–Crippen MR) is 111 cm³/mol. The number of aromatic nitrogens is 2. The summed E-state index contributed by atoms with van der Waals surface area (Å²) in [6.45, 7) is 3.60. The van der Waals surface area contributed by atoms with E-state index in [0.717, 1.165) is 29.7 Å². The van der Waals surface area contributed by atoms with Crippen LogP contribution >= 0.6 is 0 Å². The minimum atomic E-state index is -0.289. The average molecular weight is 409 g/mol. The minimum Gasteiger partial charge on any atom is -0.504 e. The number of imidazole rings is 1. The third-order valence-electron chi connectivity index (χ3n) is 6.00. The minimum absolute atomic E-state index is 0.116. The molecular weight excluding hydrogens is 386 g/mol. The molecule has 1 amide bonds. The standard InChI is InChI=1S/C22H23N3O5/c1-12-15(9-18(29-2)21(28)20(12)27)22-23-16-8-13(24-7-3-4-19(24)26)5-6-17(16)25(22)14-10-30-11-14/h5-6,8-9,14,27-28H,3-4,7,10-11H2,1-2H3. The number of aromatic hydroxyl groups is 2. The highest BCUT2D eigenvalue weighted by Gasteiger charge is 2.29. The molecule has 0 aliphatic carbocycles. The number of benzene rings is 2. The first-order chi connectivity index (χ1) is 14.5. The lowest BCUT2D eigenvalue weighted by molar-refractivity contribution is -0.117. The molecule has 2 aliphatic heterocycles. The molecule has 8 heteroatoms. The van der Waals surface area contributed by atoms with Crippen LogP contribution in [0.2, 0.25) is 0 Å². The van der Waals surface area contributed by atoms with Crippen molar-refractivity contribution in [2.24, 2.45) is 0 Å². The molecule has 0 spiro atoms. The Kier molecular flexibility index (Phi) is 4.32. The number of anilines is 1. The van der Waals surface area contributed by atoms with Crippen molar-refractivity contribution >= 4 is 22.6 Å². The Labute approximate surface area is 173 Å². The third-order valence-corrected chi connectivity index (χ3v) is 6.00. The van der Waals surface area contributed by atoms with Crippen LogP contribution in [0.1, 0.15) is 24.4 Å². The number of phenolic OH excluding ortho intramolecular Hbond substituents is 2. The summed E-state index contributed by atoms with van der Waals surface area (Å²) in [5.41, 5.74) is 3.72. The van der Waals surface area contributed by atoms with Crippen molar-refractivity contribution in [3.8, 4) is 28.6 Å². The van der Waals surface area contributed by atoms with Gasteiger partial charge in [0.1, 0.15) is 5.82 Å². The van der Waals surface area contributed by atoms with Gasteiger partial charge in [-0.3, -0.25) is 4.79 Å². The first-order valence-electron chi connectivity index (χ1n) is 9.99. The second kappa shape index (κ2) is 6.91. The number of hydrogen-bond acceptors (Lipinski definition) is 6. The Hall–Kier alpha value is -3.26. The van der Waals surface area contributed by atoms with Crippen LogP contribution in [0, 0.1) is 6.92 Å².